The van der Waals surface area contributed by atoms with Gasteiger partial charge in [0.15, 0.2) is 5.96 Å². The SMILES string of the molecule is COc1ccc2c(c1)CCCC21NC(=NC(C)C)NC1=O. The lowest BCUT2D eigenvalue weighted by molar-refractivity contribution is -0.124. The summed E-state index contributed by atoms with van der Waals surface area (Å²) in [7, 11) is 1.66. The Morgan fingerprint density at radius 2 is 2.19 bits per heavy atom. The maximum Gasteiger partial charge on any atom is 0.257 e. The summed E-state index contributed by atoms with van der Waals surface area (Å²) < 4.78 is 5.29. The van der Waals surface area contributed by atoms with Gasteiger partial charge in [-0.15, -0.1) is 0 Å². The van der Waals surface area contributed by atoms with Crippen LogP contribution in [0, 0.1) is 0 Å². The van der Waals surface area contributed by atoms with Gasteiger partial charge in [-0.05, 0) is 56.4 Å². The molecular weight excluding hydrogens is 266 g/mol. The van der Waals surface area contributed by atoms with Crippen molar-refractivity contribution in [2.45, 2.75) is 44.7 Å². The Hall–Kier alpha value is -2.04. The molecule has 1 amide bonds. The molecule has 3 rings (SSSR count). The van der Waals surface area contributed by atoms with Gasteiger partial charge in [-0.25, -0.2) is 0 Å². The van der Waals surface area contributed by atoms with E-state index in [9.17, 15) is 4.79 Å². The van der Waals surface area contributed by atoms with E-state index < -0.39 is 5.54 Å². The van der Waals surface area contributed by atoms with Crippen LogP contribution in [0.15, 0.2) is 23.2 Å². The highest BCUT2D eigenvalue weighted by Gasteiger charge is 2.48. The molecule has 1 aliphatic heterocycles. The molecule has 1 aromatic carbocycles. The molecule has 5 nitrogen and oxygen atoms in total. The van der Waals surface area contributed by atoms with Gasteiger partial charge in [-0.3, -0.25) is 15.1 Å². The number of methoxy groups -OCH3 is 1. The van der Waals surface area contributed by atoms with Gasteiger partial charge >= 0.3 is 0 Å². The number of guanidine groups is 1. The Bertz CT molecular complexity index is 610. The summed E-state index contributed by atoms with van der Waals surface area (Å²) in [4.78, 5) is 17.0. The van der Waals surface area contributed by atoms with E-state index in [1.165, 1.54) is 5.56 Å². The number of carbonyl (C=O) groups excluding carboxylic acids is 1. The van der Waals surface area contributed by atoms with E-state index in [0.29, 0.717) is 5.96 Å². The van der Waals surface area contributed by atoms with Crippen LogP contribution in [0.1, 0.15) is 37.8 Å². The summed E-state index contributed by atoms with van der Waals surface area (Å²) in [5.74, 6) is 1.41. The van der Waals surface area contributed by atoms with Crippen molar-refractivity contribution < 1.29 is 9.53 Å². The van der Waals surface area contributed by atoms with Crippen LogP contribution in [0.3, 0.4) is 0 Å². The number of nitrogens with one attached hydrogen (secondary N) is 2. The first-order chi connectivity index (χ1) is 10.0. The average molecular weight is 287 g/mol. The van der Waals surface area contributed by atoms with Crippen molar-refractivity contribution in [1.29, 1.82) is 0 Å². The van der Waals surface area contributed by atoms with Gasteiger partial charge < -0.3 is 10.1 Å². The Balaban J connectivity index is 2.03. The lowest BCUT2D eigenvalue weighted by Crippen LogP contribution is -2.46. The van der Waals surface area contributed by atoms with Crippen LogP contribution in [0.2, 0.25) is 0 Å². The fourth-order valence-corrected chi connectivity index (χ4v) is 3.19. The summed E-state index contributed by atoms with van der Waals surface area (Å²) in [6.45, 7) is 3.98. The number of fused-ring (bicyclic) bond motifs is 2. The van der Waals surface area contributed by atoms with Gasteiger partial charge in [0.1, 0.15) is 11.3 Å². The standard InChI is InChI=1S/C16H21N3O2/c1-10(2)17-15-18-14(20)16(19-15)8-4-5-11-9-12(21-3)6-7-13(11)16/h6-7,9-10H,4-5,8H2,1-3H3,(H2,17,18,19,20). The highest BCUT2D eigenvalue weighted by molar-refractivity contribution is 6.09. The molecule has 1 aromatic rings. The summed E-state index contributed by atoms with van der Waals surface area (Å²) in [5, 5.41) is 6.21. The van der Waals surface area contributed by atoms with Gasteiger partial charge in [0.2, 0.25) is 0 Å². The first-order valence-electron chi connectivity index (χ1n) is 7.40. The molecule has 2 N–H and O–H groups in total. The minimum atomic E-state index is -0.673. The number of nitrogens with zero attached hydrogens (tertiary/aromatic N) is 1. The molecule has 112 valence electrons. The van der Waals surface area contributed by atoms with Gasteiger partial charge in [0.25, 0.3) is 5.91 Å². The van der Waals surface area contributed by atoms with Crippen LogP contribution in [0.5, 0.6) is 5.75 Å². The molecule has 1 unspecified atom stereocenters. The van der Waals surface area contributed by atoms with Crippen molar-refractivity contribution in [3.63, 3.8) is 0 Å². The molecule has 1 fully saturated rings. The molecule has 0 aromatic heterocycles. The van der Waals surface area contributed by atoms with Gasteiger partial charge in [-0.2, -0.15) is 0 Å². The average Bonchev–Trinajstić information content (AvgIpc) is 2.74. The molecule has 1 atom stereocenters. The number of carbonyl (C=O) groups is 1. The predicted molar refractivity (Wildman–Crippen MR) is 81.5 cm³/mol. The lowest BCUT2D eigenvalue weighted by atomic mass is 9.76. The van der Waals surface area contributed by atoms with E-state index in [4.69, 9.17) is 4.74 Å². The third-order valence-electron chi connectivity index (χ3n) is 4.11. The number of aryl methyl sites for hydroxylation is 1. The summed E-state index contributed by atoms with van der Waals surface area (Å²) in [6, 6.07) is 6.08. The normalized spacial score (nSPS) is 25.9. The van der Waals surface area contributed by atoms with E-state index >= 15 is 0 Å². The molecule has 2 aliphatic rings. The van der Waals surface area contributed by atoms with E-state index in [2.05, 4.69) is 15.6 Å². The highest BCUT2D eigenvalue weighted by atomic mass is 16.5. The van der Waals surface area contributed by atoms with E-state index in [1.807, 2.05) is 32.0 Å². The van der Waals surface area contributed by atoms with Crippen LogP contribution < -0.4 is 15.4 Å². The Kier molecular flexibility index (Phi) is 3.35. The zero-order valence-corrected chi connectivity index (χ0v) is 12.7. The molecule has 0 radical (unpaired) electrons. The maximum atomic E-state index is 12.6. The first-order valence-corrected chi connectivity index (χ1v) is 7.40. The van der Waals surface area contributed by atoms with Crippen molar-refractivity contribution in [3.8, 4) is 5.75 Å². The third kappa shape index (κ3) is 2.26. The number of rotatable bonds is 2. The molecule has 0 bridgehead atoms. The van der Waals surface area contributed by atoms with Gasteiger partial charge in [0, 0.05) is 6.04 Å². The molecule has 21 heavy (non-hydrogen) atoms. The fraction of sp³-hybridized carbons (Fsp3) is 0.500. The second-order valence-corrected chi connectivity index (χ2v) is 5.93. The van der Waals surface area contributed by atoms with Crippen molar-refractivity contribution in [1.82, 2.24) is 10.6 Å². The summed E-state index contributed by atoms with van der Waals surface area (Å²) in [6.07, 6.45) is 2.73. The second-order valence-electron chi connectivity index (χ2n) is 5.93. The monoisotopic (exact) mass is 287 g/mol. The van der Waals surface area contributed by atoms with E-state index in [0.717, 1.165) is 30.6 Å². The molecule has 1 heterocycles. The van der Waals surface area contributed by atoms with E-state index in [-0.39, 0.29) is 11.9 Å². The number of hydrogen-bond donors (Lipinski definition) is 2. The molecule has 1 spiro atoms. The first kappa shape index (κ1) is 13.9. The predicted octanol–water partition coefficient (Wildman–Crippen LogP) is 1.71. The van der Waals surface area contributed by atoms with Crippen LogP contribution in [0.25, 0.3) is 0 Å². The summed E-state index contributed by atoms with van der Waals surface area (Å²) in [5.41, 5.74) is 1.54. The lowest BCUT2D eigenvalue weighted by Gasteiger charge is -2.33. The number of ether oxygens (including phenoxy) is 1. The van der Waals surface area contributed by atoms with Crippen LogP contribution >= 0.6 is 0 Å². The molecule has 0 saturated carbocycles. The maximum absolute atomic E-state index is 12.6. The zero-order valence-electron chi connectivity index (χ0n) is 12.7. The molecule has 5 heteroatoms. The molecule has 1 saturated heterocycles. The van der Waals surface area contributed by atoms with Crippen LogP contribution in [0.4, 0.5) is 0 Å². The third-order valence-corrected chi connectivity index (χ3v) is 4.11. The smallest absolute Gasteiger partial charge is 0.257 e. The topological polar surface area (TPSA) is 62.7 Å². The van der Waals surface area contributed by atoms with Crippen molar-refractivity contribution >= 4 is 11.9 Å². The van der Waals surface area contributed by atoms with Crippen molar-refractivity contribution in [2.75, 3.05) is 7.11 Å². The Morgan fingerprint density at radius 3 is 2.90 bits per heavy atom. The number of amides is 1. The van der Waals surface area contributed by atoms with Gasteiger partial charge in [-0.1, -0.05) is 6.07 Å². The number of benzene rings is 1. The summed E-state index contributed by atoms with van der Waals surface area (Å²) >= 11 is 0. The minimum absolute atomic E-state index is 0.00647. The van der Waals surface area contributed by atoms with Gasteiger partial charge in [0.05, 0.1) is 7.11 Å². The molecule has 1 aliphatic carbocycles. The van der Waals surface area contributed by atoms with E-state index in [1.54, 1.807) is 7.11 Å². The highest BCUT2D eigenvalue weighted by Crippen LogP contribution is 2.38. The van der Waals surface area contributed by atoms with Crippen molar-refractivity contribution in [2.24, 2.45) is 4.99 Å². The Labute approximate surface area is 124 Å². The van der Waals surface area contributed by atoms with Crippen LogP contribution in [-0.2, 0) is 16.8 Å². The second kappa shape index (κ2) is 5.06. The Morgan fingerprint density at radius 1 is 1.38 bits per heavy atom. The van der Waals surface area contributed by atoms with Crippen molar-refractivity contribution in [3.05, 3.63) is 29.3 Å². The van der Waals surface area contributed by atoms with Crippen LogP contribution in [-0.4, -0.2) is 25.0 Å². The fourth-order valence-electron chi connectivity index (χ4n) is 3.19. The number of hydrogen-bond acceptors (Lipinski definition) is 3. The quantitative estimate of drug-likeness (QED) is 0.870. The zero-order chi connectivity index (χ0) is 15.0. The molecular formula is C16H21N3O2. The minimum Gasteiger partial charge on any atom is -0.497 e. The largest absolute Gasteiger partial charge is 0.497 e. The number of aliphatic imine (C=N–C) groups is 1.